The van der Waals surface area contributed by atoms with E-state index in [0.717, 1.165) is 18.4 Å². The van der Waals surface area contributed by atoms with E-state index in [9.17, 15) is 9.18 Å². The molecule has 1 saturated heterocycles. The van der Waals surface area contributed by atoms with E-state index in [1.165, 1.54) is 30.1 Å². The van der Waals surface area contributed by atoms with Crippen LogP contribution in [0.4, 0.5) is 10.3 Å². The fourth-order valence-corrected chi connectivity index (χ4v) is 4.47. The second kappa shape index (κ2) is 8.36. The molecule has 2 N–H and O–H groups in total. The predicted octanol–water partition coefficient (Wildman–Crippen LogP) is 2.58. The van der Waals surface area contributed by atoms with Crippen LogP contribution in [0.5, 0.6) is 0 Å². The van der Waals surface area contributed by atoms with Crippen molar-refractivity contribution in [3.05, 3.63) is 63.5 Å². The van der Waals surface area contributed by atoms with Gasteiger partial charge >= 0.3 is 0 Å². The molecule has 1 aliphatic heterocycles. The normalized spacial score (nSPS) is 20.5. The summed E-state index contributed by atoms with van der Waals surface area (Å²) in [5.74, 6) is -0.309. The van der Waals surface area contributed by atoms with E-state index in [-0.39, 0.29) is 33.8 Å². The summed E-state index contributed by atoms with van der Waals surface area (Å²) in [6.07, 6.45) is 6.50. The van der Waals surface area contributed by atoms with Crippen LogP contribution in [-0.4, -0.2) is 48.8 Å². The smallest absolute Gasteiger partial charge is 0.293 e. The number of anilines is 1. The second-order valence-corrected chi connectivity index (χ2v) is 9.32. The molecular weight excluding hydrogens is 475 g/mol. The highest BCUT2D eigenvalue weighted by molar-refractivity contribution is 6.30. The molecule has 6 rings (SSSR count). The summed E-state index contributed by atoms with van der Waals surface area (Å²) < 4.78 is 24.1. The van der Waals surface area contributed by atoms with Gasteiger partial charge in [-0.3, -0.25) is 9.48 Å². The Labute approximate surface area is 204 Å². The molecule has 2 fully saturated rings. The third-order valence-corrected chi connectivity index (χ3v) is 6.53. The van der Waals surface area contributed by atoms with Crippen LogP contribution in [0.3, 0.4) is 0 Å². The number of hydrogen-bond donors (Lipinski definition) is 1. The van der Waals surface area contributed by atoms with Gasteiger partial charge in [0.25, 0.3) is 5.56 Å². The Hall–Kier alpha value is -3.41. The molecule has 180 valence electrons. The third-order valence-electron chi connectivity index (χ3n) is 6.30. The van der Waals surface area contributed by atoms with Crippen LogP contribution in [-0.2, 0) is 11.8 Å². The Morgan fingerprint density at radius 1 is 1.17 bits per heavy atom. The largest absolute Gasteiger partial charge is 0.352 e. The van der Waals surface area contributed by atoms with Crippen molar-refractivity contribution in [3.8, 4) is 11.3 Å². The van der Waals surface area contributed by atoms with Gasteiger partial charge in [-0.05, 0) is 31.0 Å². The number of morpholine rings is 1. The Balaban J connectivity index is 1.45. The van der Waals surface area contributed by atoms with E-state index >= 15 is 0 Å². The summed E-state index contributed by atoms with van der Waals surface area (Å²) in [7, 11) is 1.53. The highest BCUT2D eigenvalue weighted by Crippen LogP contribution is 2.36. The number of hydrogen-bond acceptors (Lipinski definition) is 8. The molecule has 2 atom stereocenters. The molecule has 0 bridgehead atoms. The lowest BCUT2D eigenvalue weighted by Gasteiger charge is -2.36. The van der Waals surface area contributed by atoms with Crippen LogP contribution in [0.1, 0.15) is 30.6 Å². The van der Waals surface area contributed by atoms with Crippen molar-refractivity contribution in [2.24, 2.45) is 12.8 Å². The first kappa shape index (κ1) is 22.1. The maximum atomic E-state index is 14.9. The van der Waals surface area contributed by atoms with Gasteiger partial charge in [0.1, 0.15) is 23.7 Å². The SMILES string of the molecule is Cn1ncc2c(-c3ccc(Cl)cc3F)nc(N3C[C@@H](c4cnn(C5CC5)c4)O[C@@H](N)C3)nc2c1=O. The van der Waals surface area contributed by atoms with E-state index in [1.807, 2.05) is 15.8 Å². The van der Waals surface area contributed by atoms with E-state index in [0.29, 0.717) is 24.5 Å². The van der Waals surface area contributed by atoms with Crippen LogP contribution >= 0.6 is 11.6 Å². The zero-order chi connectivity index (χ0) is 24.3. The maximum Gasteiger partial charge on any atom is 0.293 e. The number of aryl methyl sites for hydroxylation is 1. The molecule has 1 aromatic carbocycles. The van der Waals surface area contributed by atoms with E-state index in [1.54, 1.807) is 12.3 Å². The summed E-state index contributed by atoms with van der Waals surface area (Å²) in [5, 5.41) is 9.13. The predicted molar refractivity (Wildman–Crippen MR) is 127 cm³/mol. The van der Waals surface area contributed by atoms with Crippen molar-refractivity contribution in [2.75, 3.05) is 18.0 Å². The number of ether oxygens (including phenoxy) is 1. The van der Waals surface area contributed by atoms with Gasteiger partial charge in [0.2, 0.25) is 5.95 Å². The Morgan fingerprint density at radius 3 is 2.77 bits per heavy atom. The van der Waals surface area contributed by atoms with Gasteiger partial charge in [-0.1, -0.05) is 11.6 Å². The number of halogens is 2. The van der Waals surface area contributed by atoms with Crippen molar-refractivity contribution in [1.82, 2.24) is 29.5 Å². The van der Waals surface area contributed by atoms with E-state index < -0.39 is 17.6 Å². The van der Waals surface area contributed by atoms with Gasteiger partial charge in [-0.15, -0.1) is 0 Å². The Bertz CT molecular complexity index is 1500. The van der Waals surface area contributed by atoms with Gasteiger partial charge in [0.05, 0.1) is 42.6 Å². The third kappa shape index (κ3) is 4.05. The molecular formula is C23H22ClFN8O2. The minimum atomic E-state index is -0.617. The van der Waals surface area contributed by atoms with Gasteiger partial charge in [-0.25, -0.2) is 19.0 Å². The summed E-state index contributed by atoms with van der Waals surface area (Å²) in [5.41, 5.74) is 7.30. The Morgan fingerprint density at radius 2 is 2.00 bits per heavy atom. The molecule has 35 heavy (non-hydrogen) atoms. The Kier molecular flexibility index (Phi) is 5.28. The molecule has 10 nitrogen and oxygen atoms in total. The van der Waals surface area contributed by atoms with Crippen molar-refractivity contribution in [1.29, 1.82) is 0 Å². The molecule has 2 aliphatic rings. The van der Waals surface area contributed by atoms with Crippen LogP contribution in [0.25, 0.3) is 22.2 Å². The summed E-state index contributed by atoms with van der Waals surface area (Å²) in [4.78, 5) is 24.0. The lowest BCUT2D eigenvalue weighted by Crippen LogP contribution is -2.48. The average Bonchev–Trinajstić information content (AvgIpc) is 3.57. The van der Waals surface area contributed by atoms with Crippen LogP contribution in [0, 0.1) is 5.82 Å². The average molecular weight is 497 g/mol. The van der Waals surface area contributed by atoms with Gasteiger partial charge < -0.3 is 15.4 Å². The number of rotatable bonds is 4. The topological polar surface area (TPSA) is 117 Å². The number of aromatic nitrogens is 6. The summed E-state index contributed by atoms with van der Waals surface area (Å²) in [6.45, 7) is 0.691. The molecule has 0 spiro atoms. The molecule has 0 radical (unpaired) electrons. The maximum absolute atomic E-state index is 14.9. The van der Waals surface area contributed by atoms with Crippen molar-refractivity contribution in [2.45, 2.75) is 31.2 Å². The zero-order valence-electron chi connectivity index (χ0n) is 18.8. The highest BCUT2D eigenvalue weighted by Gasteiger charge is 2.32. The monoisotopic (exact) mass is 496 g/mol. The van der Waals surface area contributed by atoms with E-state index in [2.05, 4.69) is 20.2 Å². The number of benzene rings is 1. The fraction of sp³-hybridized carbons (Fsp3) is 0.348. The fourth-order valence-electron chi connectivity index (χ4n) is 4.32. The van der Waals surface area contributed by atoms with Crippen LogP contribution in [0.2, 0.25) is 5.02 Å². The summed E-state index contributed by atoms with van der Waals surface area (Å²) >= 11 is 5.96. The standard InChI is InChI=1S/C23H22ClFN8O2/c1-31-22(34)21-16(8-27-31)20(15-5-2-13(24)6-17(15)25)29-23(30-21)32-10-18(35-19(26)11-32)12-7-28-33(9-12)14-3-4-14/h2,5-9,14,18-19H,3-4,10-11,26H2,1H3/t18-,19+/m0/s1. The molecule has 1 aliphatic carbocycles. The molecule has 4 aromatic rings. The number of fused-ring (bicyclic) bond motifs is 1. The first-order valence-corrected chi connectivity index (χ1v) is 11.6. The molecule has 0 unspecified atom stereocenters. The van der Waals surface area contributed by atoms with Crippen LogP contribution in [0.15, 0.2) is 41.6 Å². The van der Waals surface area contributed by atoms with Gasteiger partial charge in [-0.2, -0.15) is 10.2 Å². The molecule has 4 heterocycles. The minimum Gasteiger partial charge on any atom is -0.352 e. The van der Waals surface area contributed by atoms with E-state index in [4.69, 9.17) is 22.1 Å². The molecule has 0 amide bonds. The first-order valence-electron chi connectivity index (χ1n) is 11.3. The highest BCUT2D eigenvalue weighted by atomic mass is 35.5. The molecule has 3 aromatic heterocycles. The van der Waals surface area contributed by atoms with Crippen molar-refractivity contribution in [3.63, 3.8) is 0 Å². The summed E-state index contributed by atoms with van der Waals surface area (Å²) in [6, 6.07) is 4.75. The quantitative estimate of drug-likeness (QED) is 0.458. The molecule has 12 heteroatoms. The van der Waals surface area contributed by atoms with Crippen molar-refractivity contribution >= 4 is 28.5 Å². The van der Waals surface area contributed by atoms with Crippen molar-refractivity contribution < 1.29 is 9.13 Å². The van der Waals surface area contributed by atoms with Crippen LogP contribution < -0.4 is 16.2 Å². The zero-order valence-corrected chi connectivity index (χ0v) is 19.6. The number of nitrogens with zero attached hydrogens (tertiary/aromatic N) is 7. The minimum absolute atomic E-state index is 0.134. The number of nitrogens with two attached hydrogens (primary N) is 1. The lowest BCUT2D eigenvalue weighted by atomic mass is 10.1. The lowest BCUT2D eigenvalue weighted by molar-refractivity contribution is -0.0243. The first-order chi connectivity index (χ1) is 16.9. The van der Waals surface area contributed by atoms with Gasteiger partial charge in [0.15, 0.2) is 0 Å². The second-order valence-electron chi connectivity index (χ2n) is 8.89. The van der Waals surface area contributed by atoms with Gasteiger partial charge in [0, 0.05) is 29.4 Å². The molecule has 1 saturated carbocycles.